The van der Waals surface area contributed by atoms with Crippen LogP contribution in [0.3, 0.4) is 0 Å². The maximum Gasteiger partial charge on any atom is 0.330 e. The summed E-state index contributed by atoms with van der Waals surface area (Å²) >= 11 is 0. The van der Waals surface area contributed by atoms with Crippen LogP contribution >= 0.6 is 0 Å². The molecule has 30 heavy (non-hydrogen) atoms. The van der Waals surface area contributed by atoms with Gasteiger partial charge in [0.1, 0.15) is 24.2 Å². The predicted octanol–water partition coefficient (Wildman–Crippen LogP) is 0.311. The molecule has 2 aromatic rings. The molecule has 0 aliphatic carbocycles. The van der Waals surface area contributed by atoms with E-state index in [1.807, 2.05) is 25.1 Å². The van der Waals surface area contributed by atoms with Crippen molar-refractivity contribution in [3.8, 4) is 11.5 Å². The zero-order chi connectivity index (χ0) is 21.7. The number of nitrogens with two attached hydrogens (primary N) is 1. The minimum absolute atomic E-state index is 0.0492. The molecule has 0 unspecified atom stereocenters. The number of carbonyl (C=O) groups is 1. The highest BCUT2D eigenvalue weighted by Gasteiger charge is 2.22. The second-order valence-electron chi connectivity index (χ2n) is 7.16. The van der Waals surface area contributed by atoms with Crippen LogP contribution in [0.4, 0.5) is 11.5 Å². The van der Waals surface area contributed by atoms with E-state index < -0.39 is 11.2 Å². The number of carbonyl (C=O) groups excluding carboxylic acids is 1. The third kappa shape index (κ3) is 4.76. The number of rotatable bonds is 8. The van der Waals surface area contributed by atoms with Crippen LogP contribution in [0.25, 0.3) is 0 Å². The first-order chi connectivity index (χ1) is 14.4. The molecule has 1 aromatic carbocycles. The van der Waals surface area contributed by atoms with Gasteiger partial charge in [0.25, 0.3) is 5.56 Å². The lowest BCUT2D eigenvalue weighted by Crippen LogP contribution is -2.45. The first-order valence-corrected chi connectivity index (χ1v) is 9.89. The van der Waals surface area contributed by atoms with Gasteiger partial charge in [0.15, 0.2) is 11.5 Å². The van der Waals surface area contributed by atoms with E-state index >= 15 is 0 Å². The van der Waals surface area contributed by atoms with Gasteiger partial charge < -0.3 is 25.4 Å². The van der Waals surface area contributed by atoms with Crippen LogP contribution in [0.15, 0.2) is 33.9 Å². The fourth-order valence-corrected chi connectivity index (χ4v) is 3.23. The molecule has 162 valence electrons. The standard InChI is InChI=1S/C20H27N5O5/c1-3-4-9-25-18(21)17(19(27)23-20(25)28)24(2)11-16(26)22-10-13-12-29-14-7-5-6-8-15(14)30-13/h5-8,13H,3-4,9-12,21H2,1-2H3,(H,22,26)(H,23,27,28)/t13-/m1/s1. The predicted molar refractivity (Wildman–Crippen MR) is 113 cm³/mol. The molecule has 0 saturated heterocycles. The molecule has 0 fully saturated rings. The highest BCUT2D eigenvalue weighted by molar-refractivity contribution is 5.82. The summed E-state index contributed by atoms with van der Waals surface area (Å²) < 4.78 is 12.8. The van der Waals surface area contributed by atoms with E-state index in [9.17, 15) is 14.4 Å². The number of aromatic nitrogens is 2. The number of nitrogens with zero attached hydrogens (tertiary/aromatic N) is 2. The first-order valence-electron chi connectivity index (χ1n) is 9.89. The van der Waals surface area contributed by atoms with E-state index in [0.717, 1.165) is 12.8 Å². The van der Waals surface area contributed by atoms with E-state index in [0.29, 0.717) is 24.7 Å². The molecule has 10 nitrogen and oxygen atoms in total. The Morgan fingerprint density at radius 1 is 1.33 bits per heavy atom. The zero-order valence-corrected chi connectivity index (χ0v) is 17.1. The van der Waals surface area contributed by atoms with Gasteiger partial charge in [-0.15, -0.1) is 0 Å². The average molecular weight is 417 g/mol. The van der Waals surface area contributed by atoms with Gasteiger partial charge in [0.05, 0.1) is 13.1 Å². The van der Waals surface area contributed by atoms with Gasteiger partial charge in [-0.05, 0) is 18.6 Å². The Morgan fingerprint density at radius 2 is 2.07 bits per heavy atom. The van der Waals surface area contributed by atoms with Crippen LogP contribution in [0.5, 0.6) is 11.5 Å². The first kappa shape index (κ1) is 21.3. The van der Waals surface area contributed by atoms with Gasteiger partial charge in [0.2, 0.25) is 5.91 Å². The van der Waals surface area contributed by atoms with Crippen molar-refractivity contribution in [2.75, 3.05) is 37.4 Å². The Balaban J connectivity index is 1.61. The Kier molecular flexibility index (Phi) is 6.65. The van der Waals surface area contributed by atoms with E-state index in [-0.39, 0.29) is 36.6 Å². The molecular weight excluding hydrogens is 390 g/mol. The highest BCUT2D eigenvalue weighted by Crippen LogP contribution is 2.30. The molecule has 1 amide bonds. The quantitative estimate of drug-likeness (QED) is 0.563. The summed E-state index contributed by atoms with van der Waals surface area (Å²) in [4.78, 5) is 40.4. The summed E-state index contributed by atoms with van der Waals surface area (Å²) in [5.41, 5.74) is 4.98. The third-order valence-electron chi connectivity index (χ3n) is 4.81. The molecule has 0 saturated carbocycles. The SMILES string of the molecule is CCCCn1c(N)c(N(C)CC(=O)NC[C@@H]2COc3ccccc3O2)c(=O)[nH]c1=O. The largest absolute Gasteiger partial charge is 0.486 e. The number of aromatic amines is 1. The Bertz CT molecular complexity index is 1020. The monoisotopic (exact) mass is 417 g/mol. The van der Waals surface area contributed by atoms with Crippen molar-refractivity contribution in [1.29, 1.82) is 0 Å². The Hall–Kier alpha value is -3.43. The number of anilines is 2. The maximum absolute atomic E-state index is 12.4. The van der Waals surface area contributed by atoms with Crippen molar-refractivity contribution >= 4 is 17.4 Å². The van der Waals surface area contributed by atoms with Crippen molar-refractivity contribution in [1.82, 2.24) is 14.9 Å². The second kappa shape index (κ2) is 9.38. The number of nitrogens with one attached hydrogen (secondary N) is 2. The van der Waals surface area contributed by atoms with Gasteiger partial charge in [0, 0.05) is 13.6 Å². The maximum atomic E-state index is 12.4. The number of nitrogen functional groups attached to an aromatic ring is 1. The number of hydrogen-bond acceptors (Lipinski definition) is 7. The number of para-hydroxylation sites is 2. The number of benzene rings is 1. The van der Waals surface area contributed by atoms with Gasteiger partial charge in [-0.25, -0.2) is 4.79 Å². The second-order valence-corrected chi connectivity index (χ2v) is 7.16. The lowest BCUT2D eigenvalue weighted by molar-refractivity contribution is -0.120. The Labute approximate surface area is 173 Å². The van der Waals surface area contributed by atoms with Crippen LogP contribution in [-0.4, -0.2) is 48.3 Å². The molecule has 0 radical (unpaired) electrons. The summed E-state index contributed by atoms with van der Waals surface area (Å²) in [7, 11) is 1.58. The number of hydrogen-bond donors (Lipinski definition) is 3. The molecular formula is C20H27N5O5. The summed E-state index contributed by atoms with van der Waals surface area (Å²) in [6.07, 6.45) is 1.29. The number of unbranched alkanes of at least 4 members (excludes halogenated alkanes) is 1. The van der Waals surface area contributed by atoms with Crippen molar-refractivity contribution in [2.45, 2.75) is 32.4 Å². The van der Waals surface area contributed by atoms with E-state index in [4.69, 9.17) is 15.2 Å². The van der Waals surface area contributed by atoms with Gasteiger partial charge in [-0.2, -0.15) is 0 Å². The van der Waals surface area contributed by atoms with Crippen molar-refractivity contribution in [3.63, 3.8) is 0 Å². The molecule has 0 spiro atoms. The number of amides is 1. The third-order valence-corrected chi connectivity index (χ3v) is 4.81. The van der Waals surface area contributed by atoms with Gasteiger partial charge in [-0.1, -0.05) is 25.5 Å². The molecule has 2 heterocycles. The highest BCUT2D eigenvalue weighted by atomic mass is 16.6. The Morgan fingerprint density at radius 3 is 2.80 bits per heavy atom. The summed E-state index contributed by atoms with van der Waals surface area (Å²) in [5.74, 6) is 1.04. The fourth-order valence-electron chi connectivity index (χ4n) is 3.23. The summed E-state index contributed by atoms with van der Waals surface area (Å²) in [6.45, 7) is 2.85. The van der Waals surface area contributed by atoms with E-state index in [1.54, 1.807) is 13.1 Å². The van der Waals surface area contributed by atoms with Crippen molar-refractivity contribution < 1.29 is 14.3 Å². The van der Waals surface area contributed by atoms with Crippen LogP contribution in [0, 0.1) is 0 Å². The van der Waals surface area contributed by atoms with Crippen LogP contribution in [0.1, 0.15) is 19.8 Å². The molecule has 1 aromatic heterocycles. The molecule has 1 aliphatic rings. The molecule has 0 bridgehead atoms. The smallest absolute Gasteiger partial charge is 0.330 e. The number of likely N-dealkylation sites (N-methyl/N-ethyl adjacent to an activating group) is 1. The van der Waals surface area contributed by atoms with E-state index in [1.165, 1.54) is 9.47 Å². The molecule has 10 heteroatoms. The minimum atomic E-state index is -0.624. The normalized spacial score (nSPS) is 14.9. The molecule has 4 N–H and O–H groups in total. The summed E-state index contributed by atoms with van der Waals surface area (Å²) in [5, 5.41) is 2.78. The van der Waals surface area contributed by atoms with E-state index in [2.05, 4.69) is 10.3 Å². The fraction of sp³-hybridized carbons (Fsp3) is 0.450. The van der Waals surface area contributed by atoms with Gasteiger partial charge in [-0.3, -0.25) is 19.1 Å². The van der Waals surface area contributed by atoms with Crippen LogP contribution in [-0.2, 0) is 11.3 Å². The summed E-state index contributed by atoms with van der Waals surface area (Å²) in [6, 6.07) is 7.33. The number of fused-ring (bicyclic) bond motifs is 1. The molecule has 3 rings (SSSR count). The number of H-pyrrole nitrogens is 1. The molecule has 1 atom stereocenters. The lowest BCUT2D eigenvalue weighted by Gasteiger charge is -2.27. The van der Waals surface area contributed by atoms with Gasteiger partial charge >= 0.3 is 5.69 Å². The van der Waals surface area contributed by atoms with Crippen LogP contribution < -0.4 is 36.7 Å². The van der Waals surface area contributed by atoms with Crippen molar-refractivity contribution in [2.24, 2.45) is 0 Å². The minimum Gasteiger partial charge on any atom is -0.486 e. The average Bonchev–Trinajstić information content (AvgIpc) is 2.71. The zero-order valence-electron chi connectivity index (χ0n) is 17.1. The number of ether oxygens (including phenoxy) is 2. The topological polar surface area (TPSA) is 132 Å². The molecule has 1 aliphatic heterocycles. The lowest BCUT2D eigenvalue weighted by atomic mass is 10.2. The van der Waals surface area contributed by atoms with Crippen molar-refractivity contribution in [3.05, 3.63) is 45.1 Å². The van der Waals surface area contributed by atoms with Crippen LogP contribution in [0.2, 0.25) is 0 Å².